The molecule has 1 aromatic heterocycles. The van der Waals surface area contributed by atoms with E-state index in [1.54, 1.807) is 32.4 Å². The lowest BCUT2D eigenvalue weighted by Gasteiger charge is -2.09. The molecule has 0 spiro atoms. The number of benzene rings is 2. The molecule has 1 heterocycles. The van der Waals surface area contributed by atoms with Gasteiger partial charge in [-0.05, 0) is 54.8 Å². The normalized spacial score (nSPS) is 14.6. The predicted molar refractivity (Wildman–Crippen MR) is 103 cm³/mol. The van der Waals surface area contributed by atoms with Crippen LogP contribution in [0.1, 0.15) is 23.3 Å². The average molecular weight is 349 g/mol. The van der Waals surface area contributed by atoms with Crippen LogP contribution < -0.4 is 20.6 Å². The molecule has 4 rings (SSSR count). The van der Waals surface area contributed by atoms with Gasteiger partial charge >= 0.3 is 0 Å². The van der Waals surface area contributed by atoms with Gasteiger partial charge in [0.1, 0.15) is 22.8 Å². The topological polar surface area (TPSA) is 74.7 Å². The zero-order valence-electron chi connectivity index (χ0n) is 14.7. The molecule has 5 heteroatoms. The predicted octanol–water partition coefficient (Wildman–Crippen LogP) is 3.88. The summed E-state index contributed by atoms with van der Waals surface area (Å²) in [6.45, 7) is 0. The van der Waals surface area contributed by atoms with Gasteiger partial charge < -0.3 is 19.6 Å². The minimum atomic E-state index is 0.0160. The molecule has 1 aliphatic carbocycles. The minimum absolute atomic E-state index is 0.0160. The molecule has 0 atom stereocenters. The monoisotopic (exact) mass is 349 g/mol. The van der Waals surface area contributed by atoms with Crippen molar-refractivity contribution in [3.63, 3.8) is 0 Å². The Hall–Kier alpha value is -3.21. The molecule has 0 amide bonds. The Balaban J connectivity index is 1.89. The first-order valence-electron chi connectivity index (χ1n) is 8.39. The fourth-order valence-corrected chi connectivity index (χ4v) is 3.39. The third-order valence-electron chi connectivity index (χ3n) is 4.71. The Morgan fingerprint density at radius 2 is 1.92 bits per heavy atom. The van der Waals surface area contributed by atoms with E-state index in [0.717, 1.165) is 34.6 Å². The van der Waals surface area contributed by atoms with E-state index in [1.807, 2.05) is 24.3 Å². The van der Waals surface area contributed by atoms with E-state index >= 15 is 0 Å². The lowest BCUT2D eigenvalue weighted by molar-refractivity contribution is 0.402. The number of allylic oxidation sites excluding steroid dienone is 1. The first-order valence-corrected chi connectivity index (χ1v) is 8.39. The molecule has 0 bridgehead atoms. The van der Waals surface area contributed by atoms with Crippen molar-refractivity contribution in [2.24, 2.45) is 0 Å². The van der Waals surface area contributed by atoms with Gasteiger partial charge in [0, 0.05) is 22.9 Å². The quantitative estimate of drug-likeness (QED) is 0.726. The van der Waals surface area contributed by atoms with Crippen molar-refractivity contribution in [2.45, 2.75) is 12.8 Å². The second kappa shape index (κ2) is 6.26. The largest absolute Gasteiger partial charge is 0.497 e. The van der Waals surface area contributed by atoms with Crippen LogP contribution in [-0.4, -0.2) is 14.2 Å². The second-order valence-corrected chi connectivity index (χ2v) is 6.27. The van der Waals surface area contributed by atoms with Crippen LogP contribution in [0.2, 0.25) is 0 Å². The lowest BCUT2D eigenvalue weighted by atomic mass is 10.1. The van der Waals surface area contributed by atoms with Crippen LogP contribution in [0.3, 0.4) is 0 Å². The fourth-order valence-electron chi connectivity index (χ4n) is 3.39. The van der Waals surface area contributed by atoms with Gasteiger partial charge in [-0.2, -0.15) is 0 Å². The molecular weight excluding hydrogens is 330 g/mol. The van der Waals surface area contributed by atoms with Gasteiger partial charge in [0.25, 0.3) is 0 Å². The number of fused-ring (bicyclic) bond motifs is 2. The van der Waals surface area contributed by atoms with Crippen LogP contribution in [0.5, 0.6) is 11.5 Å². The zero-order chi connectivity index (χ0) is 18.3. The molecular formula is C21H19NO4. The van der Waals surface area contributed by atoms with E-state index < -0.39 is 0 Å². The first kappa shape index (κ1) is 16.3. The van der Waals surface area contributed by atoms with Crippen LogP contribution in [0, 0.1) is 0 Å². The van der Waals surface area contributed by atoms with Crippen molar-refractivity contribution in [2.75, 3.05) is 20.0 Å². The smallest absolute Gasteiger partial charge is 0.196 e. The molecule has 2 aromatic carbocycles. The number of nitrogens with two attached hydrogens (primary N) is 1. The minimum Gasteiger partial charge on any atom is -0.497 e. The van der Waals surface area contributed by atoms with Crippen LogP contribution in [-0.2, 0) is 6.42 Å². The van der Waals surface area contributed by atoms with E-state index in [4.69, 9.17) is 19.6 Å². The molecule has 0 aliphatic heterocycles. The average Bonchev–Trinajstić information content (AvgIpc) is 3.04. The second-order valence-electron chi connectivity index (χ2n) is 6.27. The fraction of sp³-hybridized carbons (Fsp3) is 0.190. The summed E-state index contributed by atoms with van der Waals surface area (Å²) in [5.41, 5.74) is 9.50. The van der Waals surface area contributed by atoms with Crippen LogP contribution in [0.4, 0.5) is 5.69 Å². The van der Waals surface area contributed by atoms with Crippen molar-refractivity contribution < 1.29 is 13.9 Å². The highest BCUT2D eigenvalue weighted by molar-refractivity contribution is 5.88. The van der Waals surface area contributed by atoms with Crippen molar-refractivity contribution >= 4 is 28.3 Å². The summed E-state index contributed by atoms with van der Waals surface area (Å²) in [6.07, 6.45) is 3.39. The molecule has 0 unspecified atom stereocenters. The van der Waals surface area contributed by atoms with Gasteiger partial charge in [0.05, 0.1) is 19.6 Å². The molecule has 26 heavy (non-hydrogen) atoms. The van der Waals surface area contributed by atoms with E-state index in [1.165, 1.54) is 0 Å². The Bertz CT molecular complexity index is 1100. The van der Waals surface area contributed by atoms with Crippen LogP contribution >= 0.6 is 0 Å². The molecule has 3 aromatic rings. The van der Waals surface area contributed by atoms with Crippen molar-refractivity contribution in [3.8, 4) is 11.5 Å². The number of nitrogen functional groups attached to an aromatic ring is 1. The van der Waals surface area contributed by atoms with E-state index in [0.29, 0.717) is 28.8 Å². The number of methoxy groups -OCH3 is 2. The molecule has 1 aliphatic rings. The maximum absolute atomic E-state index is 12.8. The van der Waals surface area contributed by atoms with Crippen molar-refractivity contribution in [1.82, 2.24) is 0 Å². The summed E-state index contributed by atoms with van der Waals surface area (Å²) in [4.78, 5) is 12.8. The van der Waals surface area contributed by atoms with Crippen LogP contribution in [0.15, 0.2) is 45.6 Å². The van der Waals surface area contributed by atoms with Gasteiger partial charge in [-0.1, -0.05) is 0 Å². The molecule has 132 valence electrons. The highest BCUT2D eigenvalue weighted by Gasteiger charge is 2.24. The highest BCUT2D eigenvalue weighted by Crippen LogP contribution is 2.36. The summed E-state index contributed by atoms with van der Waals surface area (Å²) in [5, 5.41) is 0.568. The van der Waals surface area contributed by atoms with Gasteiger partial charge in [0.2, 0.25) is 0 Å². The van der Waals surface area contributed by atoms with Crippen molar-refractivity contribution in [1.29, 1.82) is 0 Å². The summed E-state index contributed by atoms with van der Waals surface area (Å²) in [7, 11) is 3.25. The maximum Gasteiger partial charge on any atom is 0.196 e. The third kappa shape index (κ3) is 2.62. The number of hydrogen-bond donors (Lipinski definition) is 1. The summed E-state index contributed by atoms with van der Waals surface area (Å²) >= 11 is 0. The zero-order valence-corrected chi connectivity index (χ0v) is 14.7. The number of hydrogen-bond acceptors (Lipinski definition) is 5. The van der Waals surface area contributed by atoms with Gasteiger partial charge in [-0.25, -0.2) is 0 Å². The van der Waals surface area contributed by atoms with E-state index in [2.05, 4.69) is 0 Å². The summed E-state index contributed by atoms with van der Waals surface area (Å²) in [5.74, 6) is 2.11. The number of rotatable bonds is 3. The van der Waals surface area contributed by atoms with E-state index in [9.17, 15) is 4.79 Å². The van der Waals surface area contributed by atoms with Gasteiger partial charge in [-0.3, -0.25) is 4.79 Å². The summed E-state index contributed by atoms with van der Waals surface area (Å²) < 4.78 is 16.8. The highest BCUT2D eigenvalue weighted by atomic mass is 16.5. The Kier molecular flexibility index (Phi) is 3.92. The Morgan fingerprint density at radius 3 is 2.69 bits per heavy atom. The van der Waals surface area contributed by atoms with Gasteiger partial charge in [0.15, 0.2) is 5.43 Å². The Labute approximate surface area is 150 Å². The van der Waals surface area contributed by atoms with E-state index in [-0.39, 0.29) is 5.43 Å². The number of anilines is 1. The SMILES string of the molecule is COc1ccc(OC)c(C=C2CCc3c2oc2cc(N)ccc2c3=O)c1. The molecule has 2 N–H and O–H groups in total. The molecule has 0 saturated carbocycles. The molecule has 0 radical (unpaired) electrons. The van der Waals surface area contributed by atoms with Gasteiger partial charge in [-0.15, -0.1) is 0 Å². The third-order valence-corrected chi connectivity index (χ3v) is 4.71. The number of ether oxygens (including phenoxy) is 2. The van der Waals surface area contributed by atoms with Crippen LogP contribution in [0.25, 0.3) is 22.6 Å². The molecule has 0 saturated heterocycles. The standard InChI is InChI=1S/C21H19NO4/c1-24-15-5-8-18(25-2)13(10-15)9-12-3-6-17-20(23)16-7-4-14(22)11-19(16)26-21(12)17/h4-5,7-11H,3,6,22H2,1-2H3. The Morgan fingerprint density at radius 1 is 1.08 bits per heavy atom. The molecule has 5 nitrogen and oxygen atoms in total. The first-order chi connectivity index (χ1) is 12.6. The lowest BCUT2D eigenvalue weighted by Crippen LogP contribution is -2.08. The molecule has 0 fully saturated rings. The maximum atomic E-state index is 12.8. The van der Waals surface area contributed by atoms with Crippen molar-refractivity contribution in [3.05, 3.63) is 63.5 Å². The summed E-state index contributed by atoms with van der Waals surface area (Å²) in [6, 6.07) is 10.8.